The normalized spacial score (nSPS) is 22.4. The predicted octanol–water partition coefficient (Wildman–Crippen LogP) is 2.12. The molecule has 0 saturated carbocycles. The van der Waals surface area contributed by atoms with E-state index in [0.29, 0.717) is 5.56 Å². The number of rotatable bonds is 4. The number of hydrogen-bond donors (Lipinski definition) is 1. The van der Waals surface area contributed by atoms with Gasteiger partial charge in [-0.3, -0.25) is 4.90 Å². The Hall–Kier alpha value is -0.970. The van der Waals surface area contributed by atoms with Gasteiger partial charge in [-0.25, -0.2) is 4.39 Å². The van der Waals surface area contributed by atoms with Gasteiger partial charge in [-0.15, -0.1) is 0 Å². The molecule has 2 unspecified atom stereocenters. The maximum atomic E-state index is 13.7. The number of likely N-dealkylation sites (N-methyl/N-ethyl adjacent to an activating group) is 2. The molecule has 4 heteroatoms. The standard InChI is InChI=1S/C15H23FN2O/c1-4-18-7-8-19-14(10-18)15(17-3)12-6-5-11(2)13(16)9-12/h5-6,9,14-15,17H,4,7-8,10H2,1-3H3. The molecule has 106 valence electrons. The van der Waals surface area contributed by atoms with Crippen LogP contribution in [0.15, 0.2) is 18.2 Å². The van der Waals surface area contributed by atoms with Crippen LogP contribution in [-0.4, -0.2) is 44.3 Å². The molecule has 3 nitrogen and oxygen atoms in total. The Morgan fingerprint density at radius 2 is 2.32 bits per heavy atom. The maximum absolute atomic E-state index is 13.7. The number of nitrogens with zero attached hydrogens (tertiary/aromatic N) is 1. The minimum absolute atomic E-state index is 0.0319. The Morgan fingerprint density at radius 3 is 2.95 bits per heavy atom. The molecular formula is C15H23FN2O. The number of morpholine rings is 1. The van der Waals surface area contributed by atoms with E-state index in [2.05, 4.69) is 17.1 Å². The van der Waals surface area contributed by atoms with Gasteiger partial charge in [-0.05, 0) is 37.7 Å². The zero-order valence-electron chi connectivity index (χ0n) is 11.9. The van der Waals surface area contributed by atoms with Crippen LogP contribution < -0.4 is 5.32 Å². The van der Waals surface area contributed by atoms with Crippen LogP contribution in [0, 0.1) is 12.7 Å². The minimum Gasteiger partial charge on any atom is -0.374 e. The van der Waals surface area contributed by atoms with E-state index in [1.807, 2.05) is 19.2 Å². The van der Waals surface area contributed by atoms with Crippen molar-refractivity contribution in [2.75, 3.05) is 33.3 Å². The summed E-state index contributed by atoms with van der Waals surface area (Å²) >= 11 is 0. The monoisotopic (exact) mass is 266 g/mol. The second-order valence-electron chi connectivity index (χ2n) is 5.08. The van der Waals surface area contributed by atoms with Crippen molar-refractivity contribution in [1.29, 1.82) is 0 Å². The molecule has 0 spiro atoms. The first-order valence-electron chi connectivity index (χ1n) is 6.93. The number of benzene rings is 1. The molecule has 0 amide bonds. The van der Waals surface area contributed by atoms with Crippen molar-refractivity contribution < 1.29 is 9.13 Å². The fourth-order valence-electron chi connectivity index (χ4n) is 2.59. The zero-order chi connectivity index (χ0) is 13.8. The van der Waals surface area contributed by atoms with Crippen LogP contribution in [0.5, 0.6) is 0 Å². The van der Waals surface area contributed by atoms with Gasteiger partial charge in [0, 0.05) is 13.1 Å². The van der Waals surface area contributed by atoms with Crippen LogP contribution in [0.25, 0.3) is 0 Å². The van der Waals surface area contributed by atoms with E-state index < -0.39 is 0 Å². The maximum Gasteiger partial charge on any atom is 0.126 e. The number of hydrogen-bond acceptors (Lipinski definition) is 3. The molecular weight excluding hydrogens is 243 g/mol. The van der Waals surface area contributed by atoms with Crippen LogP contribution >= 0.6 is 0 Å². The van der Waals surface area contributed by atoms with Crippen LogP contribution in [0.4, 0.5) is 4.39 Å². The van der Waals surface area contributed by atoms with E-state index in [1.165, 1.54) is 0 Å². The first-order chi connectivity index (χ1) is 9.15. The smallest absolute Gasteiger partial charge is 0.126 e. The second kappa shape index (κ2) is 6.46. The van der Waals surface area contributed by atoms with Crippen LogP contribution in [0.3, 0.4) is 0 Å². The van der Waals surface area contributed by atoms with Crippen LogP contribution in [-0.2, 0) is 4.74 Å². The van der Waals surface area contributed by atoms with Crippen molar-refractivity contribution in [3.63, 3.8) is 0 Å². The van der Waals surface area contributed by atoms with Crippen LogP contribution in [0.1, 0.15) is 24.1 Å². The molecule has 1 fully saturated rings. The quantitative estimate of drug-likeness (QED) is 0.903. The van der Waals surface area contributed by atoms with E-state index in [9.17, 15) is 4.39 Å². The highest BCUT2D eigenvalue weighted by molar-refractivity contribution is 5.26. The van der Waals surface area contributed by atoms with Crippen molar-refractivity contribution in [3.8, 4) is 0 Å². The molecule has 2 rings (SSSR count). The van der Waals surface area contributed by atoms with E-state index >= 15 is 0 Å². The summed E-state index contributed by atoms with van der Waals surface area (Å²) in [6.07, 6.45) is 0.0702. The average molecular weight is 266 g/mol. The van der Waals surface area contributed by atoms with E-state index in [-0.39, 0.29) is 18.0 Å². The highest BCUT2D eigenvalue weighted by Gasteiger charge is 2.28. The van der Waals surface area contributed by atoms with Gasteiger partial charge in [0.1, 0.15) is 5.82 Å². The minimum atomic E-state index is -0.152. The molecule has 1 saturated heterocycles. The lowest BCUT2D eigenvalue weighted by Crippen LogP contribution is -2.47. The van der Waals surface area contributed by atoms with Crippen molar-refractivity contribution in [1.82, 2.24) is 10.2 Å². The SMILES string of the molecule is CCN1CCOC(C(NC)c2ccc(C)c(F)c2)C1. The highest BCUT2D eigenvalue weighted by Crippen LogP contribution is 2.23. The molecule has 0 aromatic heterocycles. The predicted molar refractivity (Wildman–Crippen MR) is 74.8 cm³/mol. The fraction of sp³-hybridized carbons (Fsp3) is 0.600. The molecule has 1 aromatic rings. The average Bonchev–Trinajstić information content (AvgIpc) is 2.44. The largest absolute Gasteiger partial charge is 0.374 e. The summed E-state index contributed by atoms with van der Waals surface area (Å²) in [7, 11) is 1.90. The molecule has 1 N–H and O–H groups in total. The number of ether oxygens (including phenoxy) is 1. The van der Waals surface area contributed by atoms with E-state index in [1.54, 1.807) is 13.0 Å². The third kappa shape index (κ3) is 3.32. The molecule has 19 heavy (non-hydrogen) atoms. The van der Waals surface area contributed by atoms with Crippen LogP contribution in [0.2, 0.25) is 0 Å². The first kappa shape index (κ1) is 14.4. The van der Waals surface area contributed by atoms with Gasteiger partial charge in [0.15, 0.2) is 0 Å². The number of halogens is 1. The first-order valence-corrected chi connectivity index (χ1v) is 6.93. The van der Waals surface area contributed by atoms with Gasteiger partial charge >= 0.3 is 0 Å². The molecule has 1 aliphatic rings. The summed E-state index contributed by atoms with van der Waals surface area (Å²) in [5, 5.41) is 3.26. The third-order valence-electron chi connectivity index (χ3n) is 3.86. The van der Waals surface area contributed by atoms with Gasteiger partial charge in [0.05, 0.1) is 18.8 Å². The van der Waals surface area contributed by atoms with Crippen molar-refractivity contribution in [2.24, 2.45) is 0 Å². The van der Waals surface area contributed by atoms with Gasteiger partial charge < -0.3 is 10.1 Å². The molecule has 0 bridgehead atoms. The van der Waals surface area contributed by atoms with E-state index in [4.69, 9.17) is 4.74 Å². The summed E-state index contributed by atoms with van der Waals surface area (Å²) in [4.78, 5) is 2.36. The lowest BCUT2D eigenvalue weighted by molar-refractivity contribution is -0.0444. The third-order valence-corrected chi connectivity index (χ3v) is 3.86. The summed E-state index contributed by atoms with van der Waals surface area (Å²) in [6, 6.07) is 5.46. The molecule has 1 aliphatic heterocycles. The van der Waals surface area contributed by atoms with Gasteiger partial charge in [-0.1, -0.05) is 19.1 Å². The van der Waals surface area contributed by atoms with Gasteiger partial charge in [0.2, 0.25) is 0 Å². The van der Waals surface area contributed by atoms with Gasteiger partial charge in [0.25, 0.3) is 0 Å². The molecule has 2 atom stereocenters. The molecule has 1 heterocycles. The van der Waals surface area contributed by atoms with E-state index in [0.717, 1.165) is 31.8 Å². The second-order valence-corrected chi connectivity index (χ2v) is 5.08. The Labute approximate surface area is 114 Å². The fourth-order valence-corrected chi connectivity index (χ4v) is 2.59. The Kier molecular flexibility index (Phi) is 4.91. The van der Waals surface area contributed by atoms with Crippen molar-refractivity contribution in [2.45, 2.75) is 26.0 Å². The summed E-state index contributed by atoms with van der Waals surface area (Å²) in [5.41, 5.74) is 1.63. The molecule has 0 aliphatic carbocycles. The lowest BCUT2D eigenvalue weighted by atomic mass is 9.98. The lowest BCUT2D eigenvalue weighted by Gasteiger charge is -2.36. The summed E-state index contributed by atoms with van der Waals surface area (Å²) in [5.74, 6) is -0.152. The number of nitrogens with one attached hydrogen (secondary N) is 1. The zero-order valence-corrected chi connectivity index (χ0v) is 11.9. The Balaban J connectivity index is 2.16. The molecule has 1 aromatic carbocycles. The van der Waals surface area contributed by atoms with Crippen molar-refractivity contribution in [3.05, 3.63) is 35.1 Å². The summed E-state index contributed by atoms with van der Waals surface area (Å²) in [6.45, 7) is 7.57. The topological polar surface area (TPSA) is 24.5 Å². The van der Waals surface area contributed by atoms with Crippen molar-refractivity contribution >= 4 is 0 Å². The summed E-state index contributed by atoms with van der Waals surface area (Å²) < 4.78 is 19.6. The van der Waals surface area contributed by atoms with Gasteiger partial charge in [-0.2, -0.15) is 0 Å². The molecule has 0 radical (unpaired) electrons. The Morgan fingerprint density at radius 1 is 1.53 bits per heavy atom. The number of aryl methyl sites for hydroxylation is 1. The highest BCUT2D eigenvalue weighted by atomic mass is 19.1. The Bertz CT molecular complexity index is 425.